The molecule has 0 aliphatic heterocycles. The van der Waals surface area contributed by atoms with Gasteiger partial charge in [0.1, 0.15) is 16.9 Å². The Bertz CT molecular complexity index is 1300. The second-order valence-electron chi connectivity index (χ2n) is 6.62. The summed E-state index contributed by atoms with van der Waals surface area (Å²) in [6, 6.07) is 16.3. The van der Waals surface area contributed by atoms with E-state index in [1.807, 2.05) is 30.3 Å². The van der Waals surface area contributed by atoms with Gasteiger partial charge in [-0.25, -0.2) is 0 Å². The van der Waals surface area contributed by atoms with E-state index in [4.69, 9.17) is 30.8 Å². The Morgan fingerprint density at radius 3 is 2.32 bits per heavy atom. The standard InChI is InChI=1S/C23H20N2O5S/c1-27-18-9-8-13(10-21(18)29-3)22(26)25-23(31)24-16-12-19-15(11-20(16)28-2)14-6-4-5-7-17(14)30-19/h4-12H,1-3H3,(H2,24,25,26,31). The largest absolute Gasteiger partial charge is 0.495 e. The summed E-state index contributed by atoms with van der Waals surface area (Å²) in [5.74, 6) is 1.17. The summed E-state index contributed by atoms with van der Waals surface area (Å²) in [5.41, 5.74) is 2.41. The number of benzene rings is 3. The van der Waals surface area contributed by atoms with Crippen molar-refractivity contribution < 1.29 is 23.4 Å². The zero-order chi connectivity index (χ0) is 22.0. The number of fused-ring (bicyclic) bond motifs is 3. The Labute approximate surface area is 183 Å². The van der Waals surface area contributed by atoms with E-state index in [1.54, 1.807) is 31.4 Å². The van der Waals surface area contributed by atoms with Crippen LogP contribution in [0.25, 0.3) is 21.9 Å². The first kappa shape index (κ1) is 20.5. The molecule has 158 valence electrons. The second-order valence-corrected chi connectivity index (χ2v) is 7.03. The molecule has 0 unspecified atom stereocenters. The summed E-state index contributed by atoms with van der Waals surface area (Å²) >= 11 is 5.33. The fourth-order valence-electron chi connectivity index (χ4n) is 3.32. The third-order valence-corrected chi connectivity index (χ3v) is 5.02. The molecule has 0 fully saturated rings. The number of nitrogens with one attached hydrogen (secondary N) is 2. The van der Waals surface area contributed by atoms with Crippen LogP contribution in [0.3, 0.4) is 0 Å². The Kier molecular flexibility index (Phi) is 5.64. The van der Waals surface area contributed by atoms with Crippen molar-refractivity contribution in [3.05, 3.63) is 60.2 Å². The zero-order valence-corrected chi connectivity index (χ0v) is 18.0. The van der Waals surface area contributed by atoms with Crippen LogP contribution in [0.4, 0.5) is 5.69 Å². The van der Waals surface area contributed by atoms with Crippen molar-refractivity contribution in [3.63, 3.8) is 0 Å². The van der Waals surface area contributed by atoms with Gasteiger partial charge >= 0.3 is 0 Å². The van der Waals surface area contributed by atoms with E-state index in [1.165, 1.54) is 14.2 Å². The van der Waals surface area contributed by atoms with E-state index in [0.717, 1.165) is 16.4 Å². The summed E-state index contributed by atoms with van der Waals surface area (Å²) in [7, 11) is 4.61. The van der Waals surface area contributed by atoms with Crippen LogP contribution in [0, 0.1) is 0 Å². The Morgan fingerprint density at radius 1 is 0.839 bits per heavy atom. The second kappa shape index (κ2) is 8.53. The van der Waals surface area contributed by atoms with E-state index in [0.29, 0.717) is 34.1 Å². The number of carbonyl (C=O) groups is 1. The van der Waals surface area contributed by atoms with Crippen molar-refractivity contribution in [2.75, 3.05) is 26.6 Å². The summed E-state index contributed by atoms with van der Waals surface area (Å²) in [6.45, 7) is 0. The van der Waals surface area contributed by atoms with Crippen LogP contribution in [0.5, 0.6) is 17.2 Å². The number of hydrogen-bond acceptors (Lipinski definition) is 6. The molecule has 0 aliphatic rings. The smallest absolute Gasteiger partial charge is 0.257 e. The van der Waals surface area contributed by atoms with Gasteiger partial charge in [0.15, 0.2) is 16.6 Å². The fraction of sp³-hybridized carbons (Fsp3) is 0.130. The number of rotatable bonds is 5. The maximum absolute atomic E-state index is 12.6. The number of carbonyl (C=O) groups excluding carboxylic acids is 1. The first-order valence-corrected chi connectivity index (χ1v) is 9.78. The number of anilines is 1. The molecule has 0 spiro atoms. The monoisotopic (exact) mass is 436 g/mol. The van der Waals surface area contributed by atoms with Gasteiger partial charge in [0.25, 0.3) is 5.91 Å². The van der Waals surface area contributed by atoms with E-state index in [2.05, 4.69) is 10.6 Å². The molecule has 1 amide bonds. The number of ether oxygens (including phenoxy) is 3. The van der Waals surface area contributed by atoms with Crippen molar-refractivity contribution in [1.82, 2.24) is 5.32 Å². The predicted molar refractivity (Wildman–Crippen MR) is 124 cm³/mol. The van der Waals surface area contributed by atoms with Crippen LogP contribution in [-0.4, -0.2) is 32.3 Å². The maximum Gasteiger partial charge on any atom is 0.257 e. The Morgan fingerprint density at radius 2 is 1.58 bits per heavy atom. The van der Waals surface area contributed by atoms with Gasteiger partial charge in [0.05, 0.1) is 27.0 Å². The molecule has 0 saturated carbocycles. The molecule has 0 bridgehead atoms. The normalized spacial score (nSPS) is 10.7. The number of thiocarbonyl (C=S) groups is 1. The molecular formula is C23H20N2O5S. The number of para-hydroxylation sites is 1. The van der Waals surface area contributed by atoms with E-state index in [-0.39, 0.29) is 11.0 Å². The number of hydrogen-bond donors (Lipinski definition) is 2. The molecule has 0 radical (unpaired) electrons. The van der Waals surface area contributed by atoms with E-state index < -0.39 is 0 Å². The van der Waals surface area contributed by atoms with Crippen LogP contribution in [0.2, 0.25) is 0 Å². The van der Waals surface area contributed by atoms with E-state index in [9.17, 15) is 4.79 Å². The summed E-state index contributed by atoms with van der Waals surface area (Å²) in [5, 5.41) is 7.71. The Hall–Kier alpha value is -3.78. The van der Waals surface area contributed by atoms with Crippen LogP contribution in [-0.2, 0) is 0 Å². The molecule has 4 aromatic rings. The zero-order valence-electron chi connectivity index (χ0n) is 17.1. The molecule has 0 saturated heterocycles. The number of methoxy groups -OCH3 is 3. The van der Waals surface area contributed by atoms with Gasteiger partial charge in [-0.3, -0.25) is 10.1 Å². The average molecular weight is 436 g/mol. The first-order valence-electron chi connectivity index (χ1n) is 9.37. The van der Waals surface area contributed by atoms with Crippen molar-refractivity contribution in [2.24, 2.45) is 0 Å². The van der Waals surface area contributed by atoms with Crippen LogP contribution < -0.4 is 24.8 Å². The van der Waals surface area contributed by atoms with Crippen molar-refractivity contribution >= 4 is 50.9 Å². The highest BCUT2D eigenvalue weighted by Gasteiger charge is 2.15. The van der Waals surface area contributed by atoms with Gasteiger partial charge < -0.3 is 23.9 Å². The van der Waals surface area contributed by atoms with Crippen LogP contribution in [0.15, 0.2) is 59.0 Å². The molecule has 1 heterocycles. The minimum absolute atomic E-state index is 0.119. The summed E-state index contributed by atoms with van der Waals surface area (Å²) < 4.78 is 21.9. The SMILES string of the molecule is COc1cc2c(cc1NC(=S)NC(=O)c1ccc(OC)c(OC)c1)oc1ccccc12. The van der Waals surface area contributed by atoms with Gasteiger partial charge in [-0.2, -0.15) is 0 Å². The molecule has 31 heavy (non-hydrogen) atoms. The molecule has 7 nitrogen and oxygen atoms in total. The number of amides is 1. The van der Waals surface area contributed by atoms with Gasteiger partial charge in [-0.1, -0.05) is 18.2 Å². The molecule has 0 atom stereocenters. The molecule has 2 N–H and O–H groups in total. The first-order chi connectivity index (χ1) is 15.0. The Balaban J connectivity index is 1.56. The van der Waals surface area contributed by atoms with Gasteiger partial charge in [-0.15, -0.1) is 0 Å². The molecule has 4 rings (SSSR count). The quantitative estimate of drug-likeness (QED) is 0.437. The third-order valence-electron chi connectivity index (χ3n) is 4.82. The lowest BCUT2D eigenvalue weighted by Crippen LogP contribution is -2.34. The lowest BCUT2D eigenvalue weighted by Gasteiger charge is -2.14. The topological polar surface area (TPSA) is 82.0 Å². The fourth-order valence-corrected chi connectivity index (χ4v) is 3.53. The molecule has 8 heteroatoms. The third kappa shape index (κ3) is 3.97. The minimum Gasteiger partial charge on any atom is -0.495 e. The van der Waals surface area contributed by atoms with E-state index >= 15 is 0 Å². The van der Waals surface area contributed by atoms with Crippen molar-refractivity contribution in [1.29, 1.82) is 0 Å². The lowest BCUT2D eigenvalue weighted by atomic mass is 10.1. The van der Waals surface area contributed by atoms with Crippen LogP contribution in [0.1, 0.15) is 10.4 Å². The molecule has 0 aliphatic carbocycles. The highest BCUT2D eigenvalue weighted by molar-refractivity contribution is 7.80. The maximum atomic E-state index is 12.6. The average Bonchev–Trinajstić information content (AvgIpc) is 3.15. The number of furan rings is 1. The van der Waals surface area contributed by atoms with Crippen LogP contribution >= 0.6 is 12.2 Å². The molecular weight excluding hydrogens is 416 g/mol. The van der Waals surface area contributed by atoms with Crippen molar-refractivity contribution in [3.8, 4) is 17.2 Å². The van der Waals surface area contributed by atoms with Gasteiger partial charge in [-0.05, 0) is 42.5 Å². The van der Waals surface area contributed by atoms with Gasteiger partial charge in [0, 0.05) is 22.4 Å². The minimum atomic E-state index is -0.387. The molecule has 1 aromatic heterocycles. The van der Waals surface area contributed by atoms with Gasteiger partial charge in [0.2, 0.25) is 0 Å². The predicted octanol–water partition coefficient (Wildman–Crippen LogP) is 4.74. The van der Waals surface area contributed by atoms with Crippen molar-refractivity contribution in [2.45, 2.75) is 0 Å². The summed E-state index contributed by atoms with van der Waals surface area (Å²) in [6.07, 6.45) is 0. The highest BCUT2D eigenvalue weighted by Crippen LogP contribution is 2.36. The lowest BCUT2D eigenvalue weighted by molar-refractivity contribution is 0.0977. The summed E-state index contributed by atoms with van der Waals surface area (Å²) in [4.78, 5) is 12.6. The molecule has 3 aromatic carbocycles. The highest BCUT2D eigenvalue weighted by atomic mass is 32.1.